The van der Waals surface area contributed by atoms with Gasteiger partial charge in [0.25, 0.3) is 0 Å². The maximum absolute atomic E-state index is 5.99. The summed E-state index contributed by atoms with van der Waals surface area (Å²) in [5, 5.41) is 3.31. The van der Waals surface area contributed by atoms with Crippen LogP contribution in [0.25, 0.3) is 0 Å². The first-order chi connectivity index (χ1) is 9.83. The summed E-state index contributed by atoms with van der Waals surface area (Å²) in [6.45, 7) is 4.90. The first-order valence-electron chi connectivity index (χ1n) is 7.33. The molecule has 3 N–H and O–H groups in total. The zero-order chi connectivity index (χ0) is 13.8. The third-order valence-corrected chi connectivity index (χ3v) is 3.93. The normalized spacial score (nSPS) is 21.5. The summed E-state index contributed by atoms with van der Waals surface area (Å²) in [6.07, 6.45) is 2.23. The van der Waals surface area contributed by atoms with Crippen LogP contribution in [0, 0.1) is 0 Å². The predicted octanol–water partition coefficient (Wildman–Crippen LogP) is 1.74. The Labute approximate surface area is 143 Å². The van der Waals surface area contributed by atoms with E-state index in [1.807, 2.05) is 18.2 Å². The van der Waals surface area contributed by atoms with Crippen molar-refractivity contribution in [3.8, 4) is 5.75 Å². The summed E-state index contributed by atoms with van der Waals surface area (Å²) in [5.74, 6) is 1.48. The number of nitrogens with zero attached hydrogens (tertiary/aromatic N) is 2. The van der Waals surface area contributed by atoms with E-state index >= 15 is 0 Å². The van der Waals surface area contributed by atoms with Gasteiger partial charge in [-0.15, -0.1) is 24.0 Å². The summed E-state index contributed by atoms with van der Waals surface area (Å²) < 4.78 is 5.64. The molecule has 1 saturated heterocycles. The van der Waals surface area contributed by atoms with Crippen LogP contribution in [0.4, 0.5) is 0 Å². The quantitative estimate of drug-likeness (QED) is 0.458. The standard InChI is InChI=1S/C15H22N4O.HI/c16-15(17-7-10-19-8-3-9-19)18-13-6-11-20-14-5-2-1-4-12(13)14;/h1-2,4-5,13H,3,6-11H2,(H3,16,17,18);1H. The lowest BCUT2D eigenvalue weighted by Crippen LogP contribution is -2.40. The van der Waals surface area contributed by atoms with Gasteiger partial charge >= 0.3 is 0 Å². The molecule has 6 heteroatoms. The number of likely N-dealkylation sites (tertiary alicyclic amines) is 1. The molecule has 1 aromatic rings. The fourth-order valence-corrected chi connectivity index (χ4v) is 2.63. The van der Waals surface area contributed by atoms with Gasteiger partial charge in [0, 0.05) is 18.5 Å². The molecular formula is C15H23IN4O. The molecule has 2 aliphatic heterocycles. The van der Waals surface area contributed by atoms with Crippen LogP contribution in [0.1, 0.15) is 24.4 Å². The van der Waals surface area contributed by atoms with Crippen molar-refractivity contribution in [1.82, 2.24) is 10.2 Å². The number of fused-ring (bicyclic) bond motifs is 1. The van der Waals surface area contributed by atoms with Crippen molar-refractivity contribution < 1.29 is 4.74 Å². The van der Waals surface area contributed by atoms with Crippen LogP contribution in [-0.4, -0.2) is 43.6 Å². The molecule has 0 aliphatic carbocycles. The first kappa shape index (κ1) is 16.4. The van der Waals surface area contributed by atoms with Gasteiger partial charge in [0.2, 0.25) is 0 Å². The average molecular weight is 402 g/mol. The molecule has 0 amide bonds. The molecule has 0 spiro atoms. The van der Waals surface area contributed by atoms with Crippen LogP contribution in [0.2, 0.25) is 0 Å². The number of nitrogens with two attached hydrogens (primary N) is 1. The Morgan fingerprint density at radius 1 is 1.38 bits per heavy atom. The van der Waals surface area contributed by atoms with Gasteiger partial charge in [-0.1, -0.05) is 18.2 Å². The highest BCUT2D eigenvalue weighted by molar-refractivity contribution is 14.0. The lowest BCUT2D eigenvalue weighted by molar-refractivity contribution is 0.187. The number of rotatable bonds is 4. The fourth-order valence-electron chi connectivity index (χ4n) is 2.63. The number of para-hydroxylation sites is 1. The molecule has 0 aromatic heterocycles. The largest absolute Gasteiger partial charge is 0.493 e. The highest BCUT2D eigenvalue weighted by Crippen LogP contribution is 2.31. The zero-order valence-corrected chi connectivity index (χ0v) is 14.5. The van der Waals surface area contributed by atoms with Crippen molar-refractivity contribution in [1.29, 1.82) is 0 Å². The number of hydrogen-bond donors (Lipinski definition) is 2. The third kappa shape index (κ3) is 4.23. The fraction of sp³-hybridized carbons (Fsp3) is 0.533. The van der Waals surface area contributed by atoms with E-state index in [0.29, 0.717) is 5.96 Å². The Morgan fingerprint density at radius 2 is 2.19 bits per heavy atom. The molecule has 1 atom stereocenters. The van der Waals surface area contributed by atoms with Crippen LogP contribution in [0.3, 0.4) is 0 Å². The van der Waals surface area contributed by atoms with E-state index in [9.17, 15) is 0 Å². The van der Waals surface area contributed by atoms with Crippen LogP contribution in [0.5, 0.6) is 5.75 Å². The number of nitrogens with one attached hydrogen (secondary N) is 1. The first-order valence-corrected chi connectivity index (χ1v) is 7.33. The monoisotopic (exact) mass is 402 g/mol. The van der Waals surface area contributed by atoms with Gasteiger partial charge in [-0.3, -0.25) is 4.99 Å². The Hall–Kier alpha value is -1.02. The van der Waals surface area contributed by atoms with Gasteiger partial charge < -0.3 is 20.7 Å². The molecule has 2 aliphatic rings. The van der Waals surface area contributed by atoms with Crippen molar-refractivity contribution in [2.75, 3.05) is 32.8 Å². The summed E-state index contributed by atoms with van der Waals surface area (Å²) in [5.41, 5.74) is 7.15. The maximum Gasteiger partial charge on any atom is 0.189 e. The molecule has 0 radical (unpaired) electrons. The van der Waals surface area contributed by atoms with Crippen LogP contribution < -0.4 is 15.8 Å². The van der Waals surface area contributed by atoms with Crippen molar-refractivity contribution in [2.45, 2.75) is 18.9 Å². The van der Waals surface area contributed by atoms with E-state index in [1.54, 1.807) is 0 Å². The molecule has 1 fully saturated rings. The predicted molar refractivity (Wildman–Crippen MR) is 95.4 cm³/mol. The van der Waals surface area contributed by atoms with Crippen LogP contribution in [-0.2, 0) is 0 Å². The van der Waals surface area contributed by atoms with E-state index in [2.05, 4.69) is 21.3 Å². The topological polar surface area (TPSA) is 62.9 Å². The number of aliphatic imine (C=N–C) groups is 1. The summed E-state index contributed by atoms with van der Waals surface area (Å²) in [7, 11) is 0. The molecule has 21 heavy (non-hydrogen) atoms. The van der Waals surface area contributed by atoms with Crippen molar-refractivity contribution in [3.05, 3.63) is 29.8 Å². The highest BCUT2D eigenvalue weighted by Gasteiger charge is 2.21. The molecular weight excluding hydrogens is 379 g/mol. The Kier molecular flexibility index (Phi) is 6.10. The molecule has 3 rings (SSSR count). The minimum atomic E-state index is 0. The molecule has 5 nitrogen and oxygen atoms in total. The number of hydrogen-bond acceptors (Lipinski definition) is 3. The Morgan fingerprint density at radius 3 is 2.95 bits per heavy atom. The smallest absolute Gasteiger partial charge is 0.189 e. The lowest BCUT2D eigenvalue weighted by atomic mass is 10.0. The zero-order valence-electron chi connectivity index (χ0n) is 12.1. The minimum absolute atomic E-state index is 0. The van der Waals surface area contributed by atoms with Crippen LogP contribution in [0.15, 0.2) is 29.3 Å². The Balaban J connectivity index is 0.00000161. The second-order valence-electron chi connectivity index (χ2n) is 5.33. The van der Waals surface area contributed by atoms with E-state index in [-0.39, 0.29) is 30.0 Å². The number of halogens is 1. The summed E-state index contributed by atoms with van der Waals surface area (Å²) >= 11 is 0. The second-order valence-corrected chi connectivity index (χ2v) is 5.33. The molecule has 1 unspecified atom stereocenters. The molecule has 1 aromatic carbocycles. The van der Waals surface area contributed by atoms with Gasteiger partial charge in [-0.05, 0) is 25.6 Å². The van der Waals surface area contributed by atoms with Gasteiger partial charge in [-0.2, -0.15) is 0 Å². The highest BCUT2D eigenvalue weighted by atomic mass is 127. The molecule has 0 bridgehead atoms. The van der Waals surface area contributed by atoms with E-state index in [0.717, 1.165) is 31.9 Å². The molecule has 116 valence electrons. The minimum Gasteiger partial charge on any atom is -0.493 e. The van der Waals surface area contributed by atoms with Crippen molar-refractivity contribution in [2.24, 2.45) is 10.7 Å². The van der Waals surface area contributed by atoms with Crippen molar-refractivity contribution in [3.63, 3.8) is 0 Å². The average Bonchev–Trinajstić information content (AvgIpc) is 2.42. The van der Waals surface area contributed by atoms with Gasteiger partial charge in [0.15, 0.2) is 5.96 Å². The van der Waals surface area contributed by atoms with Gasteiger partial charge in [0.1, 0.15) is 5.75 Å². The lowest BCUT2D eigenvalue weighted by Gasteiger charge is -2.30. The third-order valence-electron chi connectivity index (χ3n) is 3.93. The van der Waals surface area contributed by atoms with E-state index in [1.165, 1.54) is 25.1 Å². The number of benzene rings is 1. The van der Waals surface area contributed by atoms with Gasteiger partial charge in [0.05, 0.1) is 19.2 Å². The molecule has 2 heterocycles. The SMILES string of the molecule is I.NC(=NCCN1CCC1)NC1CCOc2ccccc21. The number of guanidine groups is 1. The van der Waals surface area contributed by atoms with Crippen molar-refractivity contribution >= 4 is 29.9 Å². The second kappa shape index (κ2) is 7.84. The summed E-state index contributed by atoms with van der Waals surface area (Å²) in [6, 6.07) is 8.30. The van der Waals surface area contributed by atoms with E-state index in [4.69, 9.17) is 10.5 Å². The van der Waals surface area contributed by atoms with E-state index < -0.39 is 0 Å². The number of ether oxygens (including phenoxy) is 1. The van der Waals surface area contributed by atoms with Crippen LogP contribution >= 0.6 is 24.0 Å². The summed E-state index contributed by atoms with van der Waals surface area (Å²) in [4.78, 5) is 6.80. The Bertz CT molecular complexity index is 490. The molecule has 0 saturated carbocycles. The maximum atomic E-state index is 5.99. The van der Waals surface area contributed by atoms with Gasteiger partial charge in [-0.25, -0.2) is 0 Å².